The first kappa shape index (κ1) is 16.6. The Morgan fingerprint density at radius 1 is 1.32 bits per heavy atom. The number of amidine groups is 1. The van der Waals surface area contributed by atoms with E-state index >= 15 is 0 Å². The molecule has 128 valence electrons. The smallest absolute Gasteiger partial charge is 0.276 e. The predicted octanol–water partition coefficient (Wildman–Crippen LogP) is 2.17. The number of fused-ring (bicyclic) bond motifs is 2. The summed E-state index contributed by atoms with van der Waals surface area (Å²) in [6.45, 7) is 2.09. The van der Waals surface area contributed by atoms with E-state index < -0.39 is 6.17 Å². The number of hydrogen-bond donors (Lipinski definition) is 1. The number of carbonyl (C=O) groups excluding carboxylic acids is 1. The molecular weight excluding hydrogens is 451 g/mol. The van der Waals surface area contributed by atoms with Gasteiger partial charge in [-0.3, -0.25) is 10.1 Å². The number of carbonyl (C=O) groups is 1. The number of thioether (sulfide) groups is 1. The lowest BCUT2D eigenvalue weighted by atomic mass is 10.1. The fraction of sp³-hybridized carbons (Fsp3) is 0.235. The maximum atomic E-state index is 12.8. The van der Waals surface area contributed by atoms with Crippen LogP contribution in [0.15, 0.2) is 50.9 Å². The lowest BCUT2D eigenvalue weighted by molar-refractivity contribution is -0.116. The predicted molar refractivity (Wildman–Crippen MR) is 105 cm³/mol. The van der Waals surface area contributed by atoms with Crippen molar-refractivity contribution in [3.05, 3.63) is 56.5 Å². The standard InChI is InChI=1S/C17H15IN4O2S/c1-2-9-25-17-20-16(23)14-10-5-3-4-6-11(10)19-15(22(14)21-17)12-7-8-13(18)24-12/h3-8,15H,2,9H2,1H3,(H,20,21,23)/t15-/m0/s1. The van der Waals surface area contributed by atoms with Crippen molar-refractivity contribution in [3.63, 3.8) is 0 Å². The molecule has 0 aliphatic carbocycles. The Labute approximate surface area is 162 Å². The molecule has 1 amide bonds. The number of hydrogen-bond acceptors (Lipinski definition) is 6. The highest BCUT2D eigenvalue weighted by atomic mass is 127. The van der Waals surface area contributed by atoms with Gasteiger partial charge in [0.1, 0.15) is 5.70 Å². The zero-order chi connectivity index (χ0) is 17.4. The van der Waals surface area contributed by atoms with Crippen LogP contribution in [0.4, 0.5) is 0 Å². The molecule has 0 radical (unpaired) electrons. The molecular formula is C17H15IN4O2S. The highest BCUT2D eigenvalue weighted by Crippen LogP contribution is 2.31. The van der Waals surface area contributed by atoms with Crippen molar-refractivity contribution in [1.29, 1.82) is 0 Å². The van der Waals surface area contributed by atoms with Gasteiger partial charge in [-0.2, -0.15) is 0 Å². The number of halogens is 1. The molecule has 6 nitrogen and oxygen atoms in total. The first-order valence-electron chi connectivity index (χ1n) is 7.92. The van der Waals surface area contributed by atoms with Gasteiger partial charge in [-0.05, 0) is 47.2 Å². The van der Waals surface area contributed by atoms with Gasteiger partial charge in [-0.15, -0.1) is 5.10 Å². The Bertz CT molecular complexity index is 985. The summed E-state index contributed by atoms with van der Waals surface area (Å²) in [4.78, 5) is 17.6. The number of rotatable bonds is 3. The number of furan rings is 1. The summed E-state index contributed by atoms with van der Waals surface area (Å²) in [5.74, 6) is 1.39. The van der Waals surface area contributed by atoms with Gasteiger partial charge in [0, 0.05) is 11.0 Å². The number of hydrazone groups is 1. The van der Waals surface area contributed by atoms with E-state index in [1.807, 2.05) is 36.4 Å². The van der Waals surface area contributed by atoms with Crippen molar-refractivity contribution in [2.45, 2.75) is 19.5 Å². The van der Waals surface area contributed by atoms with Crippen molar-refractivity contribution < 1.29 is 9.21 Å². The molecule has 8 heteroatoms. The lowest BCUT2D eigenvalue weighted by Crippen LogP contribution is -2.50. The number of nitrogens with zero attached hydrogens (tertiary/aromatic N) is 3. The van der Waals surface area contributed by atoms with Crippen molar-refractivity contribution in [2.75, 3.05) is 5.75 Å². The van der Waals surface area contributed by atoms with Crippen LogP contribution in [0.2, 0.25) is 0 Å². The van der Waals surface area contributed by atoms with Gasteiger partial charge in [-0.1, -0.05) is 36.9 Å². The van der Waals surface area contributed by atoms with Crippen molar-refractivity contribution >= 4 is 51.1 Å². The molecule has 0 unspecified atom stereocenters. The minimum atomic E-state index is -0.489. The van der Waals surface area contributed by atoms with E-state index in [-0.39, 0.29) is 5.91 Å². The minimum Gasteiger partial charge on any atom is -0.451 e. The van der Waals surface area contributed by atoms with Crippen LogP contribution in [-0.4, -0.2) is 21.8 Å². The summed E-state index contributed by atoms with van der Waals surface area (Å²) in [6, 6.07) is 11.4. The van der Waals surface area contributed by atoms with Crippen LogP contribution in [0.3, 0.4) is 0 Å². The second-order valence-electron chi connectivity index (χ2n) is 5.56. The van der Waals surface area contributed by atoms with Crippen LogP contribution in [0.1, 0.15) is 25.3 Å². The molecule has 2 aliphatic rings. The zero-order valence-electron chi connectivity index (χ0n) is 13.4. The molecule has 2 aromatic rings. The quantitative estimate of drug-likeness (QED) is 0.705. The number of benzene rings is 1. The molecule has 1 aromatic heterocycles. The highest BCUT2D eigenvalue weighted by Gasteiger charge is 2.35. The fourth-order valence-corrected chi connectivity index (χ4v) is 3.89. The number of nitrogens with one attached hydrogen (secondary N) is 1. The van der Waals surface area contributed by atoms with E-state index in [2.05, 4.69) is 39.9 Å². The number of amides is 1. The second-order valence-corrected chi connectivity index (χ2v) is 7.71. The molecule has 3 heterocycles. The van der Waals surface area contributed by atoms with Gasteiger partial charge in [-0.25, -0.2) is 10.0 Å². The van der Waals surface area contributed by atoms with Crippen LogP contribution in [0.5, 0.6) is 0 Å². The molecule has 2 aliphatic heterocycles. The normalized spacial score (nSPS) is 18.9. The van der Waals surface area contributed by atoms with Crippen molar-refractivity contribution in [3.8, 4) is 0 Å². The summed E-state index contributed by atoms with van der Waals surface area (Å²) in [7, 11) is 0. The van der Waals surface area contributed by atoms with Crippen LogP contribution < -0.4 is 15.9 Å². The SMILES string of the molecule is CCCSC1=NN2C(=c3ccccc3=N[C@@H]2c2ccc(I)o2)C(=O)N1. The zero-order valence-corrected chi connectivity index (χ0v) is 16.4. The van der Waals surface area contributed by atoms with Crippen LogP contribution in [-0.2, 0) is 4.79 Å². The van der Waals surface area contributed by atoms with Gasteiger partial charge in [0.25, 0.3) is 5.91 Å². The Kier molecular flexibility index (Phi) is 4.55. The third-order valence-electron chi connectivity index (χ3n) is 3.81. The molecule has 1 atom stereocenters. The van der Waals surface area contributed by atoms with Crippen LogP contribution in [0, 0.1) is 3.77 Å². The number of para-hydroxylation sites is 1. The third-order valence-corrected chi connectivity index (χ3v) is 5.46. The molecule has 25 heavy (non-hydrogen) atoms. The van der Waals surface area contributed by atoms with E-state index in [0.29, 0.717) is 16.6 Å². The van der Waals surface area contributed by atoms with Gasteiger partial charge < -0.3 is 4.42 Å². The molecule has 0 spiro atoms. The van der Waals surface area contributed by atoms with Gasteiger partial charge in [0.15, 0.2) is 14.7 Å². The van der Waals surface area contributed by atoms with Gasteiger partial charge in [0.05, 0.1) is 5.36 Å². The summed E-state index contributed by atoms with van der Waals surface area (Å²) >= 11 is 3.65. The molecule has 0 bridgehead atoms. The van der Waals surface area contributed by atoms with E-state index in [9.17, 15) is 4.79 Å². The largest absolute Gasteiger partial charge is 0.451 e. The molecule has 0 saturated heterocycles. The highest BCUT2D eigenvalue weighted by molar-refractivity contribution is 14.1. The molecule has 4 rings (SSSR count). The van der Waals surface area contributed by atoms with Crippen molar-refractivity contribution in [2.24, 2.45) is 10.1 Å². The fourth-order valence-electron chi connectivity index (χ4n) is 2.74. The van der Waals surface area contributed by atoms with Gasteiger partial charge in [0.2, 0.25) is 6.17 Å². The molecule has 0 saturated carbocycles. The Balaban J connectivity index is 1.89. The Morgan fingerprint density at radius 3 is 2.92 bits per heavy atom. The van der Waals surface area contributed by atoms with E-state index in [1.54, 1.807) is 5.01 Å². The summed E-state index contributed by atoms with van der Waals surface area (Å²) in [5, 5.41) is 11.3. The first-order chi connectivity index (χ1) is 12.2. The maximum Gasteiger partial charge on any atom is 0.276 e. The summed E-state index contributed by atoms with van der Waals surface area (Å²) in [5.41, 5.74) is 0.503. The topological polar surface area (TPSA) is 70.2 Å². The third kappa shape index (κ3) is 3.08. The van der Waals surface area contributed by atoms with Crippen LogP contribution in [0.25, 0.3) is 5.70 Å². The maximum absolute atomic E-state index is 12.8. The van der Waals surface area contributed by atoms with E-state index in [1.165, 1.54) is 11.8 Å². The average Bonchev–Trinajstić information content (AvgIpc) is 3.05. The summed E-state index contributed by atoms with van der Waals surface area (Å²) in [6.07, 6.45) is 0.514. The molecule has 1 N–H and O–H groups in total. The monoisotopic (exact) mass is 466 g/mol. The van der Waals surface area contributed by atoms with Crippen LogP contribution >= 0.6 is 34.4 Å². The lowest BCUT2D eigenvalue weighted by Gasteiger charge is -2.32. The van der Waals surface area contributed by atoms with Gasteiger partial charge >= 0.3 is 0 Å². The Hall–Kier alpha value is -1.81. The first-order valence-corrected chi connectivity index (χ1v) is 9.98. The molecule has 0 fully saturated rings. The van der Waals surface area contributed by atoms with E-state index in [4.69, 9.17) is 9.41 Å². The Morgan fingerprint density at radius 2 is 2.16 bits per heavy atom. The second kappa shape index (κ2) is 6.83. The average molecular weight is 466 g/mol. The van der Waals surface area contributed by atoms with Crippen molar-refractivity contribution in [1.82, 2.24) is 10.3 Å². The molecule has 1 aromatic carbocycles. The summed E-state index contributed by atoms with van der Waals surface area (Å²) < 4.78 is 6.54. The minimum absolute atomic E-state index is 0.165. The van der Waals surface area contributed by atoms with E-state index in [0.717, 1.165) is 26.5 Å².